The molecule has 0 aliphatic heterocycles. The van der Waals surface area contributed by atoms with Crippen molar-refractivity contribution in [2.24, 2.45) is 5.73 Å². The molecule has 15 heavy (non-hydrogen) atoms. The molecule has 0 saturated carbocycles. The van der Waals surface area contributed by atoms with Crippen LogP contribution >= 0.6 is 0 Å². The summed E-state index contributed by atoms with van der Waals surface area (Å²) in [5, 5.41) is 2.74. The van der Waals surface area contributed by atoms with Crippen molar-refractivity contribution in [1.29, 1.82) is 0 Å². The first-order valence-corrected chi connectivity index (χ1v) is 5.26. The third kappa shape index (κ3) is 5.71. The van der Waals surface area contributed by atoms with Crippen molar-refractivity contribution in [2.45, 2.75) is 38.5 Å². The van der Waals surface area contributed by atoms with E-state index in [9.17, 15) is 4.79 Å². The van der Waals surface area contributed by atoms with Gasteiger partial charge in [0.1, 0.15) is 6.04 Å². The summed E-state index contributed by atoms with van der Waals surface area (Å²) in [6, 6.07) is -0.776. The summed E-state index contributed by atoms with van der Waals surface area (Å²) in [7, 11) is 2.91. The van der Waals surface area contributed by atoms with Crippen molar-refractivity contribution < 1.29 is 14.3 Å². The molecule has 0 heterocycles. The molecule has 0 saturated heterocycles. The van der Waals surface area contributed by atoms with Crippen LogP contribution in [-0.4, -0.2) is 39.0 Å². The van der Waals surface area contributed by atoms with Crippen LogP contribution in [0.1, 0.15) is 26.2 Å². The Morgan fingerprint density at radius 1 is 1.33 bits per heavy atom. The number of carbonyl (C=O) groups excluding carboxylic acids is 1. The van der Waals surface area contributed by atoms with Gasteiger partial charge in [-0.3, -0.25) is 4.79 Å². The second-order valence-corrected chi connectivity index (χ2v) is 3.36. The average molecular weight is 218 g/mol. The summed E-state index contributed by atoms with van der Waals surface area (Å²) in [6.45, 7) is 2.76. The van der Waals surface area contributed by atoms with E-state index in [1.807, 2.05) is 0 Å². The molecule has 5 nitrogen and oxygen atoms in total. The standard InChI is InChI=1S/C10H22N2O3/c1-4-5-6-7-12-9(13)8(11)10(14-2)15-3/h8,10H,4-7,11H2,1-3H3,(H,12,13). The largest absolute Gasteiger partial charge is 0.355 e. The fraction of sp³-hybridized carbons (Fsp3) is 0.900. The molecular formula is C10H22N2O3. The molecule has 90 valence electrons. The van der Waals surface area contributed by atoms with Gasteiger partial charge < -0.3 is 20.5 Å². The number of methoxy groups -OCH3 is 2. The molecule has 1 atom stereocenters. The Balaban J connectivity index is 3.77. The fourth-order valence-electron chi connectivity index (χ4n) is 1.22. The molecule has 0 radical (unpaired) electrons. The zero-order valence-corrected chi connectivity index (χ0v) is 9.79. The summed E-state index contributed by atoms with van der Waals surface area (Å²) in [5.41, 5.74) is 5.64. The minimum absolute atomic E-state index is 0.236. The molecule has 1 amide bonds. The summed E-state index contributed by atoms with van der Waals surface area (Å²) in [6.07, 6.45) is 2.52. The van der Waals surface area contributed by atoms with E-state index in [-0.39, 0.29) is 5.91 Å². The summed E-state index contributed by atoms with van der Waals surface area (Å²) in [5.74, 6) is -0.236. The van der Waals surface area contributed by atoms with Crippen LogP contribution in [0.25, 0.3) is 0 Å². The van der Waals surface area contributed by atoms with Gasteiger partial charge in [-0.25, -0.2) is 0 Å². The van der Waals surface area contributed by atoms with Crippen LogP contribution in [0.2, 0.25) is 0 Å². The molecule has 0 bridgehead atoms. The molecule has 0 aliphatic rings. The maximum Gasteiger partial charge on any atom is 0.242 e. The van der Waals surface area contributed by atoms with E-state index in [0.29, 0.717) is 6.54 Å². The third-order valence-corrected chi connectivity index (χ3v) is 2.14. The van der Waals surface area contributed by atoms with Crippen molar-refractivity contribution >= 4 is 5.91 Å². The first-order valence-electron chi connectivity index (χ1n) is 5.26. The Labute approximate surface area is 91.3 Å². The minimum atomic E-state index is -0.776. The molecule has 1 unspecified atom stereocenters. The van der Waals surface area contributed by atoms with E-state index >= 15 is 0 Å². The highest BCUT2D eigenvalue weighted by Crippen LogP contribution is 1.97. The molecule has 0 spiro atoms. The van der Waals surface area contributed by atoms with Crippen LogP contribution in [-0.2, 0) is 14.3 Å². The van der Waals surface area contributed by atoms with E-state index in [4.69, 9.17) is 15.2 Å². The van der Waals surface area contributed by atoms with E-state index in [1.165, 1.54) is 14.2 Å². The lowest BCUT2D eigenvalue weighted by Crippen LogP contribution is -2.49. The predicted octanol–water partition coefficient (Wildman–Crippen LogP) is 0.239. The van der Waals surface area contributed by atoms with Gasteiger partial charge in [-0.15, -0.1) is 0 Å². The number of hydrogen-bond donors (Lipinski definition) is 2. The highest BCUT2D eigenvalue weighted by Gasteiger charge is 2.23. The lowest BCUT2D eigenvalue weighted by molar-refractivity contribution is -0.144. The van der Waals surface area contributed by atoms with Crippen LogP contribution in [0.15, 0.2) is 0 Å². The molecule has 0 aliphatic carbocycles. The number of nitrogens with two attached hydrogens (primary N) is 1. The van der Waals surface area contributed by atoms with E-state index in [1.54, 1.807) is 0 Å². The van der Waals surface area contributed by atoms with Crippen molar-refractivity contribution in [1.82, 2.24) is 5.32 Å². The van der Waals surface area contributed by atoms with Crippen LogP contribution in [0.4, 0.5) is 0 Å². The fourth-order valence-corrected chi connectivity index (χ4v) is 1.22. The quantitative estimate of drug-likeness (QED) is 0.452. The van der Waals surface area contributed by atoms with Gasteiger partial charge in [-0.1, -0.05) is 19.8 Å². The first kappa shape index (κ1) is 14.3. The average Bonchev–Trinajstić information content (AvgIpc) is 2.25. The van der Waals surface area contributed by atoms with Gasteiger partial charge in [0.25, 0.3) is 0 Å². The molecule has 0 rings (SSSR count). The van der Waals surface area contributed by atoms with E-state index < -0.39 is 12.3 Å². The number of nitrogens with one attached hydrogen (secondary N) is 1. The number of carbonyl (C=O) groups is 1. The van der Waals surface area contributed by atoms with Gasteiger partial charge in [0, 0.05) is 20.8 Å². The van der Waals surface area contributed by atoms with Crippen molar-refractivity contribution in [3.05, 3.63) is 0 Å². The predicted molar refractivity (Wildman–Crippen MR) is 58.3 cm³/mol. The Bertz CT molecular complexity index is 172. The molecule has 0 aromatic rings. The van der Waals surface area contributed by atoms with Gasteiger partial charge in [-0.05, 0) is 6.42 Å². The van der Waals surface area contributed by atoms with Gasteiger partial charge in [-0.2, -0.15) is 0 Å². The lowest BCUT2D eigenvalue weighted by atomic mass is 10.2. The van der Waals surface area contributed by atoms with Gasteiger partial charge in [0.05, 0.1) is 0 Å². The van der Waals surface area contributed by atoms with E-state index in [2.05, 4.69) is 12.2 Å². The maximum atomic E-state index is 11.5. The zero-order valence-electron chi connectivity index (χ0n) is 9.79. The smallest absolute Gasteiger partial charge is 0.242 e. The SMILES string of the molecule is CCCCCNC(=O)C(N)C(OC)OC. The van der Waals surface area contributed by atoms with Crippen LogP contribution in [0.5, 0.6) is 0 Å². The van der Waals surface area contributed by atoms with Gasteiger partial charge >= 0.3 is 0 Å². The molecule has 0 aromatic carbocycles. The van der Waals surface area contributed by atoms with Crippen LogP contribution < -0.4 is 11.1 Å². The normalized spacial score (nSPS) is 12.9. The minimum Gasteiger partial charge on any atom is -0.355 e. The van der Waals surface area contributed by atoms with Gasteiger partial charge in [0.15, 0.2) is 6.29 Å². The number of ether oxygens (including phenoxy) is 2. The molecule has 0 aromatic heterocycles. The zero-order chi connectivity index (χ0) is 11.7. The summed E-state index contributed by atoms with van der Waals surface area (Å²) < 4.78 is 9.80. The second-order valence-electron chi connectivity index (χ2n) is 3.36. The first-order chi connectivity index (χ1) is 7.17. The molecular weight excluding hydrogens is 196 g/mol. The summed E-state index contributed by atoms with van der Waals surface area (Å²) >= 11 is 0. The topological polar surface area (TPSA) is 73.6 Å². The highest BCUT2D eigenvalue weighted by atomic mass is 16.7. The highest BCUT2D eigenvalue weighted by molar-refractivity contribution is 5.81. The Morgan fingerprint density at radius 2 is 1.93 bits per heavy atom. The Hall–Kier alpha value is -0.650. The number of hydrogen-bond acceptors (Lipinski definition) is 4. The number of rotatable bonds is 8. The molecule has 0 fully saturated rings. The Kier molecular flexibility index (Phi) is 8.27. The van der Waals surface area contributed by atoms with Crippen LogP contribution in [0.3, 0.4) is 0 Å². The van der Waals surface area contributed by atoms with E-state index in [0.717, 1.165) is 19.3 Å². The monoisotopic (exact) mass is 218 g/mol. The van der Waals surface area contributed by atoms with Crippen molar-refractivity contribution in [2.75, 3.05) is 20.8 Å². The number of unbranched alkanes of at least 4 members (excludes halogenated alkanes) is 2. The number of amides is 1. The Morgan fingerprint density at radius 3 is 2.40 bits per heavy atom. The molecule has 3 N–H and O–H groups in total. The van der Waals surface area contributed by atoms with Crippen molar-refractivity contribution in [3.8, 4) is 0 Å². The maximum absolute atomic E-state index is 11.5. The van der Waals surface area contributed by atoms with Crippen molar-refractivity contribution in [3.63, 3.8) is 0 Å². The second kappa shape index (κ2) is 8.64. The van der Waals surface area contributed by atoms with Gasteiger partial charge in [0.2, 0.25) is 5.91 Å². The third-order valence-electron chi connectivity index (χ3n) is 2.14. The van der Waals surface area contributed by atoms with Crippen LogP contribution in [0, 0.1) is 0 Å². The lowest BCUT2D eigenvalue weighted by Gasteiger charge is -2.20. The summed E-state index contributed by atoms with van der Waals surface area (Å²) in [4.78, 5) is 11.5. The molecule has 5 heteroatoms.